The first kappa shape index (κ1) is 15.7. The molecule has 1 amide bonds. The van der Waals surface area contributed by atoms with Crippen molar-refractivity contribution in [2.75, 3.05) is 0 Å². The van der Waals surface area contributed by atoms with Crippen LogP contribution in [0.1, 0.15) is 52.4 Å². The molecule has 0 aromatic carbocycles. The molecule has 0 spiro atoms. The molecule has 4 heteroatoms. The molecule has 1 saturated carbocycles. The second-order valence-electron chi connectivity index (χ2n) is 4.74. The fourth-order valence-corrected chi connectivity index (χ4v) is 2.35. The lowest BCUT2D eigenvalue weighted by Crippen LogP contribution is -2.45. The molecule has 0 saturated heterocycles. The lowest BCUT2D eigenvalue weighted by atomic mass is 9.96. The number of carbonyl (C=O) groups excluding carboxylic acids is 1. The number of rotatable bonds is 5. The van der Waals surface area contributed by atoms with Crippen molar-refractivity contribution < 1.29 is 4.79 Å². The highest BCUT2D eigenvalue weighted by molar-refractivity contribution is 5.85. The number of hydrogen-bond donors (Lipinski definition) is 2. The fourth-order valence-electron chi connectivity index (χ4n) is 2.35. The molecular weight excluding hydrogens is 224 g/mol. The van der Waals surface area contributed by atoms with Gasteiger partial charge in [-0.05, 0) is 32.1 Å². The number of amides is 1. The van der Waals surface area contributed by atoms with Gasteiger partial charge in [0, 0.05) is 6.04 Å². The molecule has 2 unspecified atom stereocenters. The monoisotopic (exact) mass is 248 g/mol. The topological polar surface area (TPSA) is 55.1 Å². The summed E-state index contributed by atoms with van der Waals surface area (Å²) in [5, 5.41) is 3.07. The van der Waals surface area contributed by atoms with Gasteiger partial charge in [-0.25, -0.2) is 0 Å². The predicted octanol–water partition coefficient (Wildman–Crippen LogP) is 2.23. The van der Waals surface area contributed by atoms with Crippen LogP contribution in [-0.4, -0.2) is 18.0 Å². The van der Waals surface area contributed by atoms with Gasteiger partial charge in [0.15, 0.2) is 0 Å². The van der Waals surface area contributed by atoms with Gasteiger partial charge in [-0.1, -0.05) is 26.2 Å². The average molecular weight is 249 g/mol. The molecule has 3 nitrogen and oxygen atoms in total. The number of halogens is 1. The van der Waals surface area contributed by atoms with Gasteiger partial charge in [-0.3, -0.25) is 4.79 Å². The highest BCUT2D eigenvalue weighted by atomic mass is 35.5. The molecule has 0 radical (unpaired) electrons. The molecule has 1 aliphatic rings. The van der Waals surface area contributed by atoms with Crippen molar-refractivity contribution in [2.24, 2.45) is 11.7 Å². The van der Waals surface area contributed by atoms with E-state index in [4.69, 9.17) is 5.73 Å². The minimum atomic E-state index is -0.377. The SMILES string of the molecule is CCCCC1CCCC1NC(=O)[C@H](C)N.Cl. The van der Waals surface area contributed by atoms with E-state index in [9.17, 15) is 4.79 Å². The van der Waals surface area contributed by atoms with Crippen LogP contribution in [0.5, 0.6) is 0 Å². The molecule has 0 aromatic heterocycles. The predicted molar refractivity (Wildman–Crippen MR) is 69.7 cm³/mol. The maximum atomic E-state index is 11.5. The Labute approximate surface area is 105 Å². The summed E-state index contributed by atoms with van der Waals surface area (Å²) < 4.78 is 0. The largest absolute Gasteiger partial charge is 0.352 e. The Morgan fingerprint density at radius 2 is 2.19 bits per heavy atom. The van der Waals surface area contributed by atoms with Crippen LogP contribution >= 0.6 is 12.4 Å². The molecule has 0 bridgehead atoms. The molecule has 0 heterocycles. The van der Waals surface area contributed by atoms with Crippen molar-refractivity contribution in [3.63, 3.8) is 0 Å². The van der Waals surface area contributed by atoms with Crippen LogP contribution in [0, 0.1) is 5.92 Å². The second kappa shape index (κ2) is 7.91. The number of carbonyl (C=O) groups is 1. The van der Waals surface area contributed by atoms with E-state index < -0.39 is 0 Å². The summed E-state index contributed by atoms with van der Waals surface area (Å²) in [6, 6.07) is 0.00692. The Bertz CT molecular complexity index is 209. The number of unbranched alkanes of at least 4 members (excludes halogenated alkanes) is 1. The Hall–Kier alpha value is -0.280. The van der Waals surface area contributed by atoms with Crippen molar-refractivity contribution in [3.05, 3.63) is 0 Å². The van der Waals surface area contributed by atoms with E-state index in [1.165, 1.54) is 32.1 Å². The van der Waals surface area contributed by atoms with E-state index in [1.54, 1.807) is 6.92 Å². The van der Waals surface area contributed by atoms with Crippen molar-refractivity contribution in [1.82, 2.24) is 5.32 Å². The minimum Gasteiger partial charge on any atom is -0.352 e. The van der Waals surface area contributed by atoms with Crippen LogP contribution in [-0.2, 0) is 4.79 Å². The molecule has 96 valence electrons. The molecule has 1 rings (SSSR count). The Morgan fingerprint density at radius 1 is 1.50 bits per heavy atom. The Balaban J connectivity index is 0.00000225. The Kier molecular flexibility index (Phi) is 7.77. The van der Waals surface area contributed by atoms with Crippen LogP contribution in [0.25, 0.3) is 0 Å². The second-order valence-corrected chi connectivity index (χ2v) is 4.74. The van der Waals surface area contributed by atoms with E-state index in [-0.39, 0.29) is 24.4 Å². The molecule has 0 aromatic rings. The first-order valence-electron chi connectivity index (χ1n) is 6.21. The fraction of sp³-hybridized carbons (Fsp3) is 0.917. The summed E-state index contributed by atoms with van der Waals surface area (Å²) in [7, 11) is 0. The van der Waals surface area contributed by atoms with Gasteiger partial charge in [0.2, 0.25) is 5.91 Å². The van der Waals surface area contributed by atoms with Gasteiger partial charge >= 0.3 is 0 Å². The summed E-state index contributed by atoms with van der Waals surface area (Å²) in [6.07, 6.45) is 7.41. The van der Waals surface area contributed by atoms with Crippen molar-refractivity contribution in [3.8, 4) is 0 Å². The zero-order valence-corrected chi connectivity index (χ0v) is 11.2. The standard InChI is InChI=1S/C12H24N2O.ClH/c1-3-4-6-10-7-5-8-11(10)14-12(15)9(2)13;/h9-11H,3-8,13H2,1-2H3,(H,14,15);1H/t9-,10?,11?;/m0./s1. The normalized spacial score (nSPS) is 25.9. The minimum absolute atomic E-state index is 0. The van der Waals surface area contributed by atoms with Crippen LogP contribution in [0.2, 0.25) is 0 Å². The van der Waals surface area contributed by atoms with E-state index >= 15 is 0 Å². The lowest BCUT2D eigenvalue weighted by molar-refractivity contribution is -0.122. The molecule has 16 heavy (non-hydrogen) atoms. The van der Waals surface area contributed by atoms with Gasteiger partial charge in [0.25, 0.3) is 0 Å². The zero-order chi connectivity index (χ0) is 11.3. The third-order valence-corrected chi connectivity index (χ3v) is 3.33. The van der Waals surface area contributed by atoms with Crippen LogP contribution in [0.4, 0.5) is 0 Å². The van der Waals surface area contributed by atoms with Gasteiger partial charge in [-0.2, -0.15) is 0 Å². The van der Waals surface area contributed by atoms with E-state index in [0.717, 1.165) is 6.42 Å². The van der Waals surface area contributed by atoms with Crippen LogP contribution in [0.15, 0.2) is 0 Å². The smallest absolute Gasteiger partial charge is 0.236 e. The van der Waals surface area contributed by atoms with Crippen molar-refractivity contribution in [2.45, 2.75) is 64.5 Å². The summed E-state index contributed by atoms with van der Waals surface area (Å²) in [6.45, 7) is 3.95. The summed E-state index contributed by atoms with van der Waals surface area (Å²) in [4.78, 5) is 11.5. The van der Waals surface area contributed by atoms with Gasteiger partial charge in [0.1, 0.15) is 0 Å². The van der Waals surface area contributed by atoms with Crippen LogP contribution in [0.3, 0.4) is 0 Å². The summed E-state index contributed by atoms with van der Waals surface area (Å²) in [5.74, 6) is 0.691. The summed E-state index contributed by atoms with van der Waals surface area (Å²) >= 11 is 0. The highest BCUT2D eigenvalue weighted by Gasteiger charge is 2.28. The van der Waals surface area contributed by atoms with E-state index in [0.29, 0.717) is 12.0 Å². The lowest BCUT2D eigenvalue weighted by Gasteiger charge is -2.21. The van der Waals surface area contributed by atoms with E-state index in [2.05, 4.69) is 12.2 Å². The maximum Gasteiger partial charge on any atom is 0.236 e. The number of hydrogen-bond acceptors (Lipinski definition) is 2. The van der Waals surface area contributed by atoms with Gasteiger partial charge in [-0.15, -0.1) is 12.4 Å². The molecular formula is C12H25ClN2O. The van der Waals surface area contributed by atoms with Crippen LogP contribution < -0.4 is 11.1 Å². The molecule has 3 N–H and O–H groups in total. The number of nitrogens with one attached hydrogen (secondary N) is 1. The average Bonchev–Trinajstić information content (AvgIpc) is 2.62. The van der Waals surface area contributed by atoms with Gasteiger partial charge in [0.05, 0.1) is 6.04 Å². The number of nitrogens with two attached hydrogens (primary N) is 1. The molecule has 3 atom stereocenters. The molecule has 0 aliphatic heterocycles. The first-order valence-corrected chi connectivity index (χ1v) is 6.21. The highest BCUT2D eigenvalue weighted by Crippen LogP contribution is 2.29. The third-order valence-electron chi connectivity index (χ3n) is 3.33. The molecule has 1 fully saturated rings. The summed E-state index contributed by atoms with van der Waals surface area (Å²) in [5.41, 5.74) is 5.55. The maximum absolute atomic E-state index is 11.5. The Morgan fingerprint density at radius 3 is 2.75 bits per heavy atom. The third kappa shape index (κ3) is 4.71. The van der Waals surface area contributed by atoms with Gasteiger partial charge < -0.3 is 11.1 Å². The van der Waals surface area contributed by atoms with Crippen molar-refractivity contribution >= 4 is 18.3 Å². The zero-order valence-electron chi connectivity index (χ0n) is 10.4. The van der Waals surface area contributed by atoms with E-state index in [1.807, 2.05) is 0 Å². The van der Waals surface area contributed by atoms with Crippen molar-refractivity contribution in [1.29, 1.82) is 0 Å². The quantitative estimate of drug-likeness (QED) is 0.784. The first-order chi connectivity index (χ1) is 7.15. The molecule has 1 aliphatic carbocycles.